The number of anilines is 1. The van der Waals surface area contributed by atoms with Crippen molar-refractivity contribution in [2.75, 3.05) is 18.4 Å². The van der Waals surface area contributed by atoms with Crippen molar-refractivity contribution in [1.29, 1.82) is 0 Å². The van der Waals surface area contributed by atoms with Crippen molar-refractivity contribution in [3.8, 4) is 0 Å². The van der Waals surface area contributed by atoms with Crippen molar-refractivity contribution in [2.24, 2.45) is 11.1 Å². The van der Waals surface area contributed by atoms with Gasteiger partial charge < -0.3 is 16.4 Å². The van der Waals surface area contributed by atoms with E-state index in [4.69, 9.17) is 5.73 Å². The minimum Gasteiger partial charge on any atom is -0.366 e. The van der Waals surface area contributed by atoms with Gasteiger partial charge in [-0.15, -0.1) is 0 Å². The smallest absolute Gasteiger partial charge is 0.248 e. The number of rotatable bonds is 3. The van der Waals surface area contributed by atoms with Crippen LogP contribution in [0.2, 0.25) is 0 Å². The summed E-state index contributed by atoms with van der Waals surface area (Å²) in [5.41, 5.74) is 5.97. The Hall–Kier alpha value is -1.88. The molecular formula is C14H19N3O2. The molecule has 0 spiro atoms. The van der Waals surface area contributed by atoms with E-state index in [0.717, 1.165) is 25.9 Å². The van der Waals surface area contributed by atoms with Gasteiger partial charge >= 0.3 is 0 Å². The maximum absolute atomic E-state index is 12.3. The molecule has 5 nitrogen and oxygen atoms in total. The lowest BCUT2D eigenvalue weighted by Crippen LogP contribution is -2.42. The van der Waals surface area contributed by atoms with Crippen LogP contribution < -0.4 is 16.4 Å². The van der Waals surface area contributed by atoms with Crippen LogP contribution in [0.4, 0.5) is 5.69 Å². The van der Waals surface area contributed by atoms with Crippen molar-refractivity contribution in [1.82, 2.24) is 5.32 Å². The molecule has 0 aliphatic carbocycles. The lowest BCUT2D eigenvalue weighted by Gasteiger charge is -2.32. The van der Waals surface area contributed by atoms with Gasteiger partial charge in [-0.05, 0) is 50.2 Å². The standard InChI is InChI=1S/C14H19N3O2/c1-14(6-8-16-9-7-14)13(19)17-11-4-2-10(3-5-11)12(15)18/h2-5,16H,6-9H2,1H3,(H2,15,18)(H,17,19). The van der Waals surface area contributed by atoms with Crippen molar-refractivity contribution in [3.63, 3.8) is 0 Å². The highest BCUT2D eigenvalue weighted by atomic mass is 16.2. The molecule has 1 aliphatic heterocycles. The SMILES string of the molecule is CC1(C(=O)Nc2ccc(C(N)=O)cc2)CCNCC1. The fraction of sp³-hybridized carbons (Fsp3) is 0.429. The van der Waals surface area contributed by atoms with Gasteiger partial charge in [0.1, 0.15) is 0 Å². The zero-order valence-electron chi connectivity index (χ0n) is 11.0. The van der Waals surface area contributed by atoms with E-state index < -0.39 is 5.91 Å². The van der Waals surface area contributed by atoms with Gasteiger partial charge in [0.2, 0.25) is 11.8 Å². The lowest BCUT2D eigenvalue weighted by atomic mass is 9.80. The van der Waals surface area contributed by atoms with Crippen LogP contribution in [-0.2, 0) is 4.79 Å². The van der Waals surface area contributed by atoms with Crippen LogP contribution in [0.5, 0.6) is 0 Å². The summed E-state index contributed by atoms with van der Waals surface area (Å²) in [6, 6.07) is 6.62. The molecule has 1 aromatic rings. The summed E-state index contributed by atoms with van der Waals surface area (Å²) in [7, 11) is 0. The van der Waals surface area contributed by atoms with E-state index in [-0.39, 0.29) is 11.3 Å². The lowest BCUT2D eigenvalue weighted by molar-refractivity contribution is -0.126. The minimum absolute atomic E-state index is 0.0285. The second-order valence-electron chi connectivity index (χ2n) is 5.21. The van der Waals surface area contributed by atoms with Gasteiger partial charge in [0, 0.05) is 16.7 Å². The van der Waals surface area contributed by atoms with E-state index in [1.165, 1.54) is 0 Å². The molecule has 0 bridgehead atoms. The Balaban J connectivity index is 2.04. The van der Waals surface area contributed by atoms with E-state index in [0.29, 0.717) is 11.3 Å². The van der Waals surface area contributed by atoms with Gasteiger partial charge in [-0.2, -0.15) is 0 Å². The topological polar surface area (TPSA) is 84.2 Å². The van der Waals surface area contributed by atoms with Gasteiger partial charge in [-0.25, -0.2) is 0 Å². The summed E-state index contributed by atoms with van der Waals surface area (Å²) in [5, 5.41) is 6.15. The van der Waals surface area contributed by atoms with Crippen LogP contribution in [0, 0.1) is 5.41 Å². The Morgan fingerprint density at radius 2 is 1.79 bits per heavy atom. The maximum Gasteiger partial charge on any atom is 0.248 e. The fourth-order valence-corrected chi connectivity index (χ4v) is 2.21. The predicted octanol–water partition coefficient (Wildman–Crippen LogP) is 1.11. The van der Waals surface area contributed by atoms with E-state index >= 15 is 0 Å². The van der Waals surface area contributed by atoms with Gasteiger partial charge in [-0.3, -0.25) is 9.59 Å². The van der Waals surface area contributed by atoms with Crippen molar-refractivity contribution < 1.29 is 9.59 Å². The molecule has 1 aliphatic rings. The summed E-state index contributed by atoms with van der Waals surface area (Å²) in [6.45, 7) is 3.72. The molecular weight excluding hydrogens is 242 g/mol. The molecule has 19 heavy (non-hydrogen) atoms. The third kappa shape index (κ3) is 3.12. The first-order valence-electron chi connectivity index (χ1n) is 6.43. The highest BCUT2D eigenvalue weighted by molar-refractivity contribution is 5.96. The minimum atomic E-state index is -0.469. The molecule has 2 amide bonds. The first-order chi connectivity index (χ1) is 9.01. The third-order valence-electron chi connectivity index (χ3n) is 3.68. The van der Waals surface area contributed by atoms with Gasteiger partial charge in [0.05, 0.1) is 0 Å². The first-order valence-corrected chi connectivity index (χ1v) is 6.43. The first kappa shape index (κ1) is 13.5. The van der Waals surface area contributed by atoms with Crippen molar-refractivity contribution in [3.05, 3.63) is 29.8 Å². The predicted molar refractivity (Wildman–Crippen MR) is 73.8 cm³/mol. The van der Waals surface area contributed by atoms with Crippen LogP contribution in [-0.4, -0.2) is 24.9 Å². The summed E-state index contributed by atoms with van der Waals surface area (Å²) >= 11 is 0. The van der Waals surface area contributed by atoms with E-state index in [9.17, 15) is 9.59 Å². The van der Waals surface area contributed by atoms with E-state index in [1.54, 1.807) is 24.3 Å². The average Bonchev–Trinajstić information content (AvgIpc) is 2.40. The summed E-state index contributed by atoms with van der Waals surface area (Å²) in [4.78, 5) is 23.2. The van der Waals surface area contributed by atoms with Gasteiger partial charge in [0.15, 0.2) is 0 Å². The summed E-state index contributed by atoms with van der Waals surface area (Å²) in [5.74, 6) is -0.441. The number of piperidine rings is 1. The molecule has 0 radical (unpaired) electrons. The number of amides is 2. The summed E-state index contributed by atoms with van der Waals surface area (Å²) < 4.78 is 0. The number of benzene rings is 1. The van der Waals surface area contributed by atoms with Crippen LogP contribution in [0.3, 0.4) is 0 Å². The zero-order chi connectivity index (χ0) is 13.9. The number of carbonyl (C=O) groups is 2. The van der Waals surface area contributed by atoms with Crippen LogP contribution in [0.1, 0.15) is 30.1 Å². The Labute approximate surface area is 112 Å². The average molecular weight is 261 g/mol. The largest absolute Gasteiger partial charge is 0.366 e. The van der Waals surface area contributed by atoms with Crippen LogP contribution >= 0.6 is 0 Å². The Morgan fingerprint density at radius 1 is 1.21 bits per heavy atom. The molecule has 1 aromatic carbocycles. The molecule has 0 aromatic heterocycles. The van der Waals surface area contributed by atoms with Crippen LogP contribution in [0.25, 0.3) is 0 Å². The number of nitrogens with one attached hydrogen (secondary N) is 2. The Kier molecular flexibility index (Phi) is 3.85. The molecule has 102 valence electrons. The molecule has 4 N–H and O–H groups in total. The molecule has 1 saturated heterocycles. The Morgan fingerprint density at radius 3 is 2.32 bits per heavy atom. The monoisotopic (exact) mass is 261 g/mol. The molecule has 0 unspecified atom stereocenters. The van der Waals surface area contributed by atoms with Crippen molar-refractivity contribution in [2.45, 2.75) is 19.8 Å². The Bertz CT molecular complexity index is 476. The molecule has 0 atom stereocenters. The number of hydrogen-bond acceptors (Lipinski definition) is 3. The molecule has 1 fully saturated rings. The quantitative estimate of drug-likeness (QED) is 0.762. The number of nitrogens with two attached hydrogens (primary N) is 1. The van der Waals surface area contributed by atoms with Crippen molar-refractivity contribution >= 4 is 17.5 Å². The number of hydrogen-bond donors (Lipinski definition) is 3. The molecule has 2 rings (SSSR count). The number of primary amides is 1. The summed E-state index contributed by atoms with van der Waals surface area (Å²) in [6.07, 6.45) is 1.66. The van der Waals surface area contributed by atoms with Gasteiger partial charge in [0.25, 0.3) is 0 Å². The highest BCUT2D eigenvalue weighted by Crippen LogP contribution is 2.29. The molecule has 5 heteroatoms. The zero-order valence-corrected chi connectivity index (χ0v) is 11.0. The second kappa shape index (κ2) is 5.40. The molecule has 1 heterocycles. The normalized spacial score (nSPS) is 17.7. The number of carbonyl (C=O) groups excluding carboxylic acids is 2. The van der Waals surface area contributed by atoms with Gasteiger partial charge in [-0.1, -0.05) is 6.92 Å². The van der Waals surface area contributed by atoms with E-state index in [2.05, 4.69) is 10.6 Å². The second-order valence-corrected chi connectivity index (χ2v) is 5.21. The molecule has 0 saturated carbocycles. The fourth-order valence-electron chi connectivity index (χ4n) is 2.21. The van der Waals surface area contributed by atoms with E-state index in [1.807, 2.05) is 6.92 Å². The third-order valence-corrected chi connectivity index (χ3v) is 3.68. The maximum atomic E-state index is 12.3. The highest BCUT2D eigenvalue weighted by Gasteiger charge is 2.34. The van der Waals surface area contributed by atoms with Crippen LogP contribution in [0.15, 0.2) is 24.3 Å².